The first-order chi connectivity index (χ1) is 8.02. The summed E-state index contributed by atoms with van der Waals surface area (Å²) in [5.41, 5.74) is 1.81. The van der Waals surface area contributed by atoms with Crippen molar-refractivity contribution in [2.75, 3.05) is 19.6 Å². The third-order valence-corrected chi connectivity index (χ3v) is 3.74. The van der Waals surface area contributed by atoms with E-state index in [0.29, 0.717) is 12.1 Å². The van der Waals surface area contributed by atoms with Gasteiger partial charge in [0, 0.05) is 25.2 Å². The average Bonchev–Trinajstić information content (AvgIpc) is 2.56. The molecule has 0 aliphatic carbocycles. The first kappa shape index (κ1) is 12.1. The predicted octanol–water partition coefficient (Wildman–Crippen LogP) is 0.228. The van der Waals surface area contributed by atoms with Gasteiger partial charge in [-0.25, -0.2) is 4.79 Å². The lowest BCUT2D eigenvalue weighted by atomic mass is 10.0. The third-order valence-electron chi connectivity index (χ3n) is 3.74. The van der Waals surface area contributed by atoms with Crippen LogP contribution in [0, 0.1) is 5.92 Å². The zero-order valence-electron chi connectivity index (χ0n) is 10.2. The van der Waals surface area contributed by atoms with Gasteiger partial charge in [0.25, 0.3) is 0 Å². The molecule has 0 spiro atoms. The minimum absolute atomic E-state index is 0.0359. The van der Waals surface area contributed by atoms with E-state index in [1.807, 2.05) is 6.92 Å². The van der Waals surface area contributed by atoms with Gasteiger partial charge < -0.3 is 15.3 Å². The van der Waals surface area contributed by atoms with Gasteiger partial charge in [0.15, 0.2) is 0 Å². The van der Waals surface area contributed by atoms with Crippen LogP contribution in [0.5, 0.6) is 0 Å². The van der Waals surface area contributed by atoms with Gasteiger partial charge in [-0.15, -0.1) is 0 Å². The van der Waals surface area contributed by atoms with Crippen LogP contribution < -0.4 is 5.32 Å². The number of nitrogens with one attached hydrogen (secondary N) is 1. The number of aliphatic carboxylic acids is 1. The van der Waals surface area contributed by atoms with E-state index in [0.717, 1.165) is 25.1 Å². The highest BCUT2D eigenvalue weighted by Crippen LogP contribution is 2.26. The second-order valence-electron chi connectivity index (χ2n) is 4.88. The molecule has 5 heteroatoms. The molecule has 0 aromatic heterocycles. The quantitative estimate of drug-likeness (QED) is 0.676. The summed E-state index contributed by atoms with van der Waals surface area (Å²) in [6, 6.07) is -0.661. The number of carboxylic acids is 1. The van der Waals surface area contributed by atoms with Gasteiger partial charge in [0.2, 0.25) is 5.91 Å². The maximum absolute atomic E-state index is 12.2. The van der Waals surface area contributed by atoms with E-state index < -0.39 is 12.0 Å². The minimum Gasteiger partial charge on any atom is -0.480 e. The van der Waals surface area contributed by atoms with E-state index in [4.69, 9.17) is 0 Å². The minimum atomic E-state index is -0.895. The van der Waals surface area contributed by atoms with Crippen molar-refractivity contribution in [3.63, 3.8) is 0 Å². The van der Waals surface area contributed by atoms with Crippen LogP contribution in [0.25, 0.3) is 0 Å². The highest BCUT2D eigenvalue weighted by Gasteiger charge is 2.40. The Hall–Kier alpha value is -1.36. The van der Waals surface area contributed by atoms with Crippen molar-refractivity contribution in [3.05, 3.63) is 11.1 Å². The topological polar surface area (TPSA) is 69.6 Å². The van der Waals surface area contributed by atoms with E-state index >= 15 is 0 Å². The smallest absolute Gasteiger partial charge is 0.326 e. The zero-order chi connectivity index (χ0) is 12.6. The van der Waals surface area contributed by atoms with Crippen LogP contribution in [0.4, 0.5) is 0 Å². The zero-order valence-corrected chi connectivity index (χ0v) is 10.2. The number of nitrogens with zero attached hydrogens (tertiary/aromatic N) is 1. The molecular weight excluding hydrogens is 220 g/mol. The number of carbonyl (C=O) groups excluding carboxylic acids is 1. The highest BCUT2D eigenvalue weighted by molar-refractivity contribution is 5.96. The molecule has 2 N–H and O–H groups in total. The van der Waals surface area contributed by atoms with E-state index in [9.17, 15) is 14.7 Å². The number of carbonyl (C=O) groups is 2. The predicted molar refractivity (Wildman–Crippen MR) is 62.5 cm³/mol. The Morgan fingerprint density at radius 1 is 1.41 bits per heavy atom. The largest absolute Gasteiger partial charge is 0.480 e. The summed E-state index contributed by atoms with van der Waals surface area (Å²) in [5.74, 6) is -0.972. The average molecular weight is 238 g/mol. The number of amides is 1. The van der Waals surface area contributed by atoms with Crippen molar-refractivity contribution < 1.29 is 14.7 Å². The van der Waals surface area contributed by atoms with Crippen molar-refractivity contribution in [2.45, 2.75) is 26.3 Å². The molecule has 2 atom stereocenters. The lowest BCUT2D eigenvalue weighted by Crippen LogP contribution is -2.45. The monoisotopic (exact) mass is 238 g/mol. The molecule has 0 radical (unpaired) electrons. The summed E-state index contributed by atoms with van der Waals surface area (Å²) in [5, 5.41) is 12.3. The van der Waals surface area contributed by atoms with Gasteiger partial charge in [-0.1, -0.05) is 6.92 Å². The van der Waals surface area contributed by atoms with Gasteiger partial charge in [-0.2, -0.15) is 0 Å². The molecule has 17 heavy (non-hydrogen) atoms. The van der Waals surface area contributed by atoms with Crippen molar-refractivity contribution in [2.24, 2.45) is 5.92 Å². The highest BCUT2D eigenvalue weighted by atomic mass is 16.4. The van der Waals surface area contributed by atoms with Gasteiger partial charge in [0.05, 0.1) is 0 Å². The molecule has 2 heterocycles. The van der Waals surface area contributed by atoms with E-state index in [-0.39, 0.29) is 11.8 Å². The number of carboxylic acid groups (broad SMARTS) is 1. The fourth-order valence-electron chi connectivity index (χ4n) is 2.43. The van der Waals surface area contributed by atoms with Crippen LogP contribution in [0.15, 0.2) is 11.1 Å². The number of hydrogen-bond donors (Lipinski definition) is 2. The van der Waals surface area contributed by atoms with Gasteiger partial charge in [0.1, 0.15) is 6.04 Å². The van der Waals surface area contributed by atoms with Crippen molar-refractivity contribution in [1.29, 1.82) is 0 Å². The molecule has 0 aromatic rings. The molecule has 0 aromatic carbocycles. The van der Waals surface area contributed by atoms with Crippen LogP contribution in [-0.2, 0) is 9.59 Å². The summed E-state index contributed by atoms with van der Waals surface area (Å²) >= 11 is 0. The lowest BCUT2D eigenvalue weighted by Gasteiger charge is -2.27. The molecule has 2 fully saturated rings. The normalized spacial score (nSPS) is 27.9. The molecule has 2 aliphatic rings. The van der Waals surface area contributed by atoms with Gasteiger partial charge in [-0.05, 0) is 24.8 Å². The maximum Gasteiger partial charge on any atom is 0.326 e. The number of likely N-dealkylation sites (tertiary alicyclic amines) is 1. The van der Waals surface area contributed by atoms with Crippen molar-refractivity contribution in [3.8, 4) is 0 Å². The molecule has 2 saturated heterocycles. The molecule has 0 saturated carbocycles. The van der Waals surface area contributed by atoms with Gasteiger partial charge >= 0.3 is 5.97 Å². The SMILES string of the molecule is CC(C(=O)N1CCC(C)C1C(=O)O)=C1CNC1. The van der Waals surface area contributed by atoms with E-state index in [2.05, 4.69) is 5.32 Å². The number of rotatable bonds is 2. The Kier molecular flexibility index (Phi) is 3.19. The summed E-state index contributed by atoms with van der Waals surface area (Å²) in [7, 11) is 0. The van der Waals surface area contributed by atoms with Crippen LogP contribution in [0.2, 0.25) is 0 Å². The van der Waals surface area contributed by atoms with Crippen LogP contribution >= 0.6 is 0 Å². The van der Waals surface area contributed by atoms with Crippen LogP contribution in [0.1, 0.15) is 20.3 Å². The molecule has 94 valence electrons. The lowest BCUT2D eigenvalue weighted by molar-refractivity contribution is -0.148. The summed E-state index contributed by atoms with van der Waals surface area (Å²) in [4.78, 5) is 24.9. The Morgan fingerprint density at radius 3 is 2.53 bits per heavy atom. The van der Waals surface area contributed by atoms with E-state index in [1.54, 1.807) is 6.92 Å². The van der Waals surface area contributed by atoms with Crippen LogP contribution in [-0.4, -0.2) is 47.6 Å². The molecule has 2 rings (SSSR count). The van der Waals surface area contributed by atoms with Crippen LogP contribution in [0.3, 0.4) is 0 Å². The Labute approximate surface area is 100 Å². The first-order valence-electron chi connectivity index (χ1n) is 5.95. The second-order valence-corrected chi connectivity index (χ2v) is 4.88. The third kappa shape index (κ3) is 2.07. The molecule has 2 unspecified atom stereocenters. The summed E-state index contributed by atoms with van der Waals surface area (Å²) in [6.45, 7) is 5.73. The molecule has 2 aliphatic heterocycles. The number of hydrogen-bond acceptors (Lipinski definition) is 3. The Bertz CT molecular complexity index is 383. The fourth-order valence-corrected chi connectivity index (χ4v) is 2.43. The summed E-state index contributed by atoms with van der Waals surface area (Å²) in [6.07, 6.45) is 0.767. The Balaban J connectivity index is 2.16. The van der Waals surface area contributed by atoms with Crippen molar-refractivity contribution in [1.82, 2.24) is 10.2 Å². The van der Waals surface area contributed by atoms with Crippen molar-refractivity contribution >= 4 is 11.9 Å². The molecule has 5 nitrogen and oxygen atoms in total. The molecule has 0 bridgehead atoms. The fraction of sp³-hybridized carbons (Fsp3) is 0.667. The Morgan fingerprint density at radius 2 is 2.06 bits per heavy atom. The molecular formula is C12H18N2O3. The second kappa shape index (κ2) is 4.49. The van der Waals surface area contributed by atoms with Gasteiger partial charge in [-0.3, -0.25) is 4.79 Å². The first-order valence-corrected chi connectivity index (χ1v) is 5.95. The summed E-state index contributed by atoms with van der Waals surface area (Å²) < 4.78 is 0. The van der Waals surface area contributed by atoms with E-state index in [1.165, 1.54) is 4.90 Å². The molecule has 1 amide bonds. The standard InChI is InChI=1S/C12H18N2O3/c1-7-3-4-14(10(7)12(16)17)11(15)8(2)9-5-13-6-9/h7,10,13H,3-6H2,1-2H3,(H,16,17). The maximum atomic E-state index is 12.2.